The van der Waals surface area contributed by atoms with E-state index in [0.717, 1.165) is 11.3 Å². The Hall–Kier alpha value is -2.67. The summed E-state index contributed by atoms with van der Waals surface area (Å²) < 4.78 is 0. The van der Waals surface area contributed by atoms with Crippen LogP contribution in [0.15, 0.2) is 42.7 Å². The number of para-hydroxylation sites is 1. The molecular formula is C15H13N3O. The first-order valence-corrected chi connectivity index (χ1v) is 5.83. The van der Waals surface area contributed by atoms with Crippen LogP contribution in [0.5, 0.6) is 0 Å². The first kappa shape index (κ1) is 12.8. The summed E-state index contributed by atoms with van der Waals surface area (Å²) in [5, 5.41) is 9.03. The number of anilines is 1. The molecule has 4 heteroatoms. The SMILES string of the molecule is Cc1ccccc1N(C)C(=O)c1cnccc1C#N. The lowest BCUT2D eigenvalue weighted by molar-refractivity contribution is 0.0992. The number of rotatable bonds is 2. The number of aromatic nitrogens is 1. The molecule has 0 aliphatic heterocycles. The second-order valence-corrected chi connectivity index (χ2v) is 4.18. The summed E-state index contributed by atoms with van der Waals surface area (Å²) in [5.41, 5.74) is 2.47. The average molecular weight is 251 g/mol. The lowest BCUT2D eigenvalue weighted by atomic mass is 10.1. The zero-order chi connectivity index (χ0) is 13.8. The Balaban J connectivity index is 2.40. The molecule has 1 heterocycles. The number of carbonyl (C=O) groups excluding carboxylic acids is 1. The van der Waals surface area contributed by atoms with Crippen molar-refractivity contribution < 1.29 is 4.79 Å². The molecule has 2 rings (SSSR count). The minimum absolute atomic E-state index is 0.237. The van der Waals surface area contributed by atoms with Gasteiger partial charge in [0.25, 0.3) is 5.91 Å². The first-order valence-electron chi connectivity index (χ1n) is 5.83. The highest BCUT2D eigenvalue weighted by molar-refractivity contribution is 6.07. The van der Waals surface area contributed by atoms with Gasteiger partial charge in [-0.1, -0.05) is 18.2 Å². The topological polar surface area (TPSA) is 57.0 Å². The molecule has 0 atom stereocenters. The van der Waals surface area contributed by atoms with Crippen molar-refractivity contribution >= 4 is 11.6 Å². The molecule has 1 amide bonds. The second kappa shape index (κ2) is 5.32. The van der Waals surface area contributed by atoms with Crippen LogP contribution in [0.25, 0.3) is 0 Å². The van der Waals surface area contributed by atoms with Crippen LogP contribution in [0.4, 0.5) is 5.69 Å². The van der Waals surface area contributed by atoms with Crippen molar-refractivity contribution in [1.29, 1.82) is 5.26 Å². The molecule has 1 aromatic heterocycles. The zero-order valence-electron chi connectivity index (χ0n) is 10.8. The van der Waals surface area contributed by atoms with E-state index >= 15 is 0 Å². The van der Waals surface area contributed by atoms with E-state index in [1.807, 2.05) is 37.3 Å². The first-order chi connectivity index (χ1) is 9.15. The Labute approximate surface area is 111 Å². The van der Waals surface area contributed by atoms with Gasteiger partial charge in [-0.2, -0.15) is 5.26 Å². The molecule has 0 N–H and O–H groups in total. The Morgan fingerprint density at radius 3 is 2.74 bits per heavy atom. The summed E-state index contributed by atoms with van der Waals surface area (Å²) in [7, 11) is 1.69. The lowest BCUT2D eigenvalue weighted by Crippen LogP contribution is -2.27. The Morgan fingerprint density at radius 1 is 1.32 bits per heavy atom. The van der Waals surface area contributed by atoms with Gasteiger partial charge in [0.2, 0.25) is 0 Å². The molecule has 94 valence electrons. The molecule has 0 spiro atoms. The van der Waals surface area contributed by atoms with Crippen molar-refractivity contribution in [3.05, 3.63) is 59.4 Å². The van der Waals surface area contributed by atoms with E-state index in [2.05, 4.69) is 4.98 Å². The molecule has 2 aromatic rings. The molecule has 0 bridgehead atoms. The molecule has 19 heavy (non-hydrogen) atoms. The largest absolute Gasteiger partial charge is 0.311 e. The summed E-state index contributed by atoms with van der Waals surface area (Å²) in [6.45, 7) is 1.94. The van der Waals surface area contributed by atoms with Gasteiger partial charge in [-0.25, -0.2) is 0 Å². The van der Waals surface area contributed by atoms with Crippen molar-refractivity contribution in [3.8, 4) is 6.07 Å². The summed E-state index contributed by atoms with van der Waals surface area (Å²) in [6, 6.07) is 11.2. The number of hydrogen-bond donors (Lipinski definition) is 0. The van der Waals surface area contributed by atoms with Crippen LogP contribution in [0.3, 0.4) is 0 Å². The monoisotopic (exact) mass is 251 g/mol. The second-order valence-electron chi connectivity index (χ2n) is 4.18. The molecule has 0 aliphatic carbocycles. The van der Waals surface area contributed by atoms with Crippen LogP contribution < -0.4 is 4.90 Å². The highest BCUT2D eigenvalue weighted by atomic mass is 16.2. The number of aryl methyl sites for hydroxylation is 1. The van der Waals surface area contributed by atoms with E-state index in [9.17, 15) is 4.79 Å². The Kier molecular flexibility index (Phi) is 3.58. The van der Waals surface area contributed by atoms with Crippen LogP contribution in [-0.4, -0.2) is 17.9 Å². The predicted octanol–water partition coefficient (Wildman–Crippen LogP) is 2.54. The lowest BCUT2D eigenvalue weighted by Gasteiger charge is -2.19. The standard InChI is InChI=1S/C15H13N3O/c1-11-5-3-4-6-14(11)18(2)15(19)13-10-17-8-7-12(13)9-16/h3-8,10H,1-2H3. The summed E-state index contributed by atoms with van der Waals surface area (Å²) in [5.74, 6) is -0.237. The van der Waals surface area contributed by atoms with Gasteiger partial charge in [0, 0.05) is 25.1 Å². The third-order valence-corrected chi connectivity index (χ3v) is 2.95. The number of benzene rings is 1. The smallest absolute Gasteiger partial charge is 0.260 e. The van der Waals surface area contributed by atoms with Gasteiger partial charge in [0.05, 0.1) is 11.1 Å². The van der Waals surface area contributed by atoms with E-state index in [1.54, 1.807) is 13.1 Å². The van der Waals surface area contributed by atoms with Gasteiger partial charge in [-0.15, -0.1) is 0 Å². The number of nitriles is 1. The Bertz CT molecular complexity index is 658. The maximum Gasteiger partial charge on any atom is 0.260 e. The molecule has 0 saturated carbocycles. The van der Waals surface area contributed by atoms with Gasteiger partial charge in [-0.3, -0.25) is 9.78 Å². The fraction of sp³-hybridized carbons (Fsp3) is 0.133. The quantitative estimate of drug-likeness (QED) is 0.824. The molecule has 0 aliphatic rings. The fourth-order valence-electron chi connectivity index (χ4n) is 1.89. The van der Waals surface area contributed by atoms with Crippen molar-refractivity contribution in [3.63, 3.8) is 0 Å². The van der Waals surface area contributed by atoms with Crippen molar-refractivity contribution in [2.75, 3.05) is 11.9 Å². The van der Waals surface area contributed by atoms with Gasteiger partial charge in [0.15, 0.2) is 0 Å². The molecule has 4 nitrogen and oxygen atoms in total. The van der Waals surface area contributed by atoms with Gasteiger partial charge in [-0.05, 0) is 24.6 Å². The molecule has 1 aromatic carbocycles. The van der Waals surface area contributed by atoms with Crippen LogP contribution in [0, 0.1) is 18.3 Å². The Morgan fingerprint density at radius 2 is 2.05 bits per heavy atom. The van der Waals surface area contributed by atoms with E-state index < -0.39 is 0 Å². The van der Waals surface area contributed by atoms with Crippen LogP contribution in [-0.2, 0) is 0 Å². The minimum Gasteiger partial charge on any atom is -0.311 e. The number of carbonyl (C=O) groups is 1. The molecule has 0 radical (unpaired) electrons. The maximum atomic E-state index is 12.4. The average Bonchev–Trinajstić information content (AvgIpc) is 2.46. The highest BCUT2D eigenvalue weighted by Gasteiger charge is 2.18. The van der Waals surface area contributed by atoms with E-state index in [1.165, 1.54) is 17.3 Å². The number of pyridine rings is 1. The van der Waals surface area contributed by atoms with Crippen LogP contribution in [0.1, 0.15) is 21.5 Å². The summed E-state index contributed by atoms with van der Waals surface area (Å²) in [4.78, 5) is 17.9. The van der Waals surface area contributed by atoms with Gasteiger partial charge in [0.1, 0.15) is 6.07 Å². The summed E-state index contributed by atoms with van der Waals surface area (Å²) >= 11 is 0. The zero-order valence-corrected chi connectivity index (χ0v) is 10.8. The fourth-order valence-corrected chi connectivity index (χ4v) is 1.89. The van der Waals surface area contributed by atoms with Gasteiger partial charge < -0.3 is 4.90 Å². The third-order valence-electron chi connectivity index (χ3n) is 2.95. The number of hydrogen-bond acceptors (Lipinski definition) is 3. The van der Waals surface area contributed by atoms with Crippen molar-refractivity contribution in [1.82, 2.24) is 4.98 Å². The van der Waals surface area contributed by atoms with Gasteiger partial charge >= 0.3 is 0 Å². The van der Waals surface area contributed by atoms with E-state index in [-0.39, 0.29) is 5.91 Å². The predicted molar refractivity (Wildman–Crippen MR) is 72.9 cm³/mol. The van der Waals surface area contributed by atoms with Crippen LogP contribution >= 0.6 is 0 Å². The molecule has 0 saturated heterocycles. The number of nitrogens with zero attached hydrogens (tertiary/aromatic N) is 3. The normalized spacial score (nSPS) is 9.74. The van der Waals surface area contributed by atoms with Crippen molar-refractivity contribution in [2.45, 2.75) is 6.92 Å². The highest BCUT2D eigenvalue weighted by Crippen LogP contribution is 2.20. The maximum absolute atomic E-state index is 12.4. The molecular weight excluding hydrogens is 238 g/mol. The van der Waals surface area contributed by atoms with E-state index in [0.29, 0.717) is 11.1 Å². The summed E-state index contributed by atoms with van der Waals surface area (Å²) in [6.07, 6.45) is 2.93. The van der Waals surface area contributed by atoms with Crippen LogP contribution in [0.2, 0.25) is 0 Å². The minimum atomic E-state index is -0.237. The van der Waals surface area contributed by atoms with Crippen molar-refractivity contribution in [2.24, 2.45) is 0 Å². The van der Waals surface area contributed by atoms with E-state index in [4.69, 9.17) is 5.26 Å². The number of amides is 1. The molecule has 0 unspecified atom stereocenters. The molecule has 0 fully saturated rings. The third kappa shape index (κ3) is 2.45.